The Morgan fingerprint density at radius 1 is 1.04 bits per heavy atom. The number of benzene rings is 1. The van der Waals surface area contributed by atoms with Gasteiger partial charge in [0.25, 0.3) is 0 Å². The quantitative estimate of drug-likeness (QED) is 0.806. The number of anilines is 2. The number of amides is 1. The Morgan fingerprint density at radius 2 is 1.72 bits per heavy atom. The summed E-state index contributed by atoms with van der Waals surface area (Å²) in [4.78, 5) is 14.9. The van der Waals surface area contributed by atoms with Crippen LogP contribution in [0.3, 0.4) is 0 Å². The zero-order valence-electron chi connectivity index (χ0n) is 14.8. The Labute approximate surface area is 163 Å². The van der Waals surface area contributed by atoms with Crippen molar-refractivity contribution in [3.63, 3.8) is 0 Å². The number of nitrogens with zero attached hydrogens (tertiary/aromatic N) is 1. The van der Waals surface area contributed by atoms with Crippen molar-refractivity contribution in [2.75, 3.05) is 23.3 Å². The molecule has 1 aliphatic heterocycles. The van der Waals surface area contributed by atoms with Crippen molar-refractivity contribution >= 4 is 42.1 Å². The normalized spacial score (nSPS) is 23.2. The first-order chi connectivity index (χ1) is 11.2. The van der Waals surface area contributed by atoms with E-state index < -0.39 is 0 Å². The average molecular weight is 388 g/mol. The molecule has 6 heteroatoms. The number of nitrogens with one attached hydrogen (secondary N) is 1. The van der Waals surface area contributed by atoms with Crippen LogP contribution in [0.4, 0.5) is 11.4 Å². The molecule has 3 N–H and O–H groups in total. The number of halogens is 2. The predicted molar refractivity (Wildman–Crippen MR) is 110 cm³/mol. The number of nitrogens with two attached hydrogens (primary N) is 1. The summed E-state index contributed by atoms with van der Waals surface area (Å²) in [7, 11) is 0. The van der Waals surface area contributed by atoms with Gasteiger partial charge in [-0.3, -0.25) is 4.79 Å². The summed E-state index contributed by atoms with van der Waals surface area (Å²) in [6.07, 6.45) is 8.89. The minimum absolute atomic E-state index is 0. The third-order valence-electron chi connectivity index (χ3n) is 5.29. The summed E-state index contributed by atoms with van der Waals surface area (Å²) in [5.41, 5.74) is 8.29. The molecule has 25 heavy (non-hydrogen) atoms. The topological polar surface area (TPSA) is 58.4 Å². The van der Waals surface area contributed by atoms with Crippen molar-refractivity contribution in [2.45, 2.75) is 57.4 Å². The van der Waals surface area contributed by atoms with Crippen LogP contribution in [0.1, 0.15) is 51.4 Å². The van der Waals surface area contributed by atoms with Crippen LogP contribution in [-0.2, 0) is 4.79 Å². The molecule has 1 heterocycles. The largest absolute Gasteiger partial charge is 0.370 e. The summed E-state index contributed by atoms with van der Waals surface area (Å²) < 4.78 is 0. The third-order valence-corrected chi connectivity index (χ3v) is 5.29. The van der Waals surface area contributed by atoms with Crippen LogP contribution in [-0.4, -0.2) is 25.0 Å². The Morgan fingerprint density at radius 3 is 2.44 bits per heavy atom. The van der Waals surface area contributed by atoms with Crippen molar-refractivity contribution in [3.05, 3.63) is 24.3 Å². The number of piperidine rings is 1. The molecule has 2 aliphatic rings. The average Bonchev–Trinajstić information content (AvgIpc) is 2.58. The maximum atomic E-state index is 12.5. The molecular weight excluding hydrogens is 357 g/mol. The highest BCUT2D eigenvalue weighted by Gasteiger charge is 2.24. The zero-order valence-corrected chi connectivity index (χ0v) is 16.4. The van der Waals surface area contributed by atoms with Crippen molar-refractivity contribution in [1.82, 2.24) is 0 Å². The Hall–Kier alpha value is -0.970. The highest BCUT2D eigenvalue weighted by atomic mass is 35.5. The van der Waals surface area contributed by atoms with Crippen LogP contribution in [0.5, 0.6) is 0 Å². The van der Waals surface area contributed by atoms with E-state index in [-0.39, 0.29) is 36.8 Å². The van der Waals surface area contributed by atoms with Crippen LogP contribution in [0.15, 0.2) is 24.3 Å². The van der Waals surface area contributed by atoms with Gasteiger partial charge in [0, 0.05) is 25.6 Å². The lowest BCUT2D eigenvalue weighted by Crippen LogP contribution is -2.35. The Kier molecular flexibility index (Phi) is 9.62. The van der Waals surface area contributed by atoms with E-state index >= 15 is 0 Å². The van der Waals surface area contributed by atoms with Crippen molar-refractivity contribution in [3.8, 4) is 0 Å². The Bertz CT molecular complexity index is 535. The van der Waals surface area contributed by atoms with Crippen molar-refractivity contribution < 1.29 is 4.79 Å². The predicted octanol–water partition coefficient (Wildman–Crippen LogP) is 4.37. The molecule has 2 fully saturated rings. The molecule has 3 rings (SSSR count). The fraction of sp³-hybridized carbons (Fsp3) is 0.632. The van der Waals surface area contributed by atoms with Gasteiger partial charge >= 0.3 is 0 Å². The molecule has 0 aromatic heterocycles. The third kappa shape index (κ3) is 6.05. The molecule has 1 saturated carbocycles. The number of hydrogen-bond donors (Lipinski definition) is 2. The number of carbonyl (C=O) groups is 1. The maximum Gasteiger partial charge on any atom is 0.224 e. The van der Waals surface area contributed by atoms with Gasteiger partial charge in [-0.05, 0) is 50.2 Å². The molecule has 1 saturated heterocycles. The monoisotopic (exact) mass is 387 g/mol. The molecule has 2 atom stereocenters. The molecule has 0 bridgehead atoms. The number of hydrogen-bond acceptors (Lipinski definition) is 3. The van der Waals surface area contributed by atoms with Gasteiger partial charge in [-0.25, -0.2) is 0 Å². The van der Waals surface area contributed by atoms with E-state index in [0.29, 0.717) is 12.3 Å². The van der Waals surface area contributed by atoms with E-state index in [0.717, 1.165) is 37.3 Å². The van der Waals surface area contributed by atoms with Gasteiger partial charge in [0.15, 0.2) is 0 Å². The van der Waals surface area contributed by atoms with Gasteiger partial charge in [0.2, 0.25) is 5.91 Å². The van der Waals surface area contributed by atoms with Crippen LogP contribution >= 0.6 is 24.8 Å². The molecule has 1 aromatic carbocycles. The lowest BCUT2D eigenvalue weighted by Gasteiger charge is -2.31. The number of rotatable bonds is 4. The SMILES string of the molecule is Cl.Cl.NC1CCCCC1CC(=O)Nc1ccccc1N1CCCCC1. The second-order valence-electron chi connectivity index (χ2n) is 7.03. The highest BCUT2D eigenvalue weighted by Crippen LogP contribution is 2.30. The summed E-state index contributed by atoms with van der Waals surface area (Å²) in [6, 6.07) is 8.37. The van der Waals surface area contributed by atoms with Crippen LogP contribution in [0.25, 0.3) is 0 Å². The summed E-state index contributed by atoms with van der Waals surface area (Å²) in [5.74, 6) is 0.447. The van der Waals surface area contributed by atoms with Crippen LogP contribution in [0, 0.1) is 5.92 Å². The highest BCUT2D eigenvalue weighted by molar-refractivity contribution is 5.94. The van der Waals surface area contributed by atoms with Gasteiger partial charge in [-0.2, -0.15) is 0 Å². The molecule has 2 unspecified atom stereocenters. The second kappa shape index (κ2) is 10.9. The van der Waals surface area contributed by atoms with Crippen molar-refractivity contribution in [2.24, 2.45) is 11.7 Å². The first-order valence-corrected chi connectivity index (χ1v) is 9.13. The zero-order chi connectivity index (χ0) is 16.1. The number of carbonyl (C=O) groups excluding carboxylic acids is 1. The fourth-order valence-electron chi connectivity index (χ4n) is 3.92. The maximum absolute atomic E-state index is 12.5. The summed E-state index contributed by atoms with van der Waals surface area (Å²) in [6.45, 7) is 2.17. The van der Waals surface area contributed by atoms with Crippen LogP contribution < -0.4 is 16.0 Å². The van der Waals surface area contributed by atoms with Gasteiger partial charge in [-0.1, -0.05) is 25.0 Å². The smallest absolute Gasteiger partial charge is 0.224 e. The van der Waals surface area contributed by atoms with E-state index in [1.165, 1.54) is 32.1 Å². The molecule has 0 radical (unpaired) electrons. The summed E-state index contributed by atoms with van der Waals surface area (Å²) in [5, 5.41) is 3.14. The van der Waals surface area contributed by atoms with Crippen LogP contribution in [0.2, 0.25) is 0 Å². The van der Waals surface area contributed by atoms with E-state index in [1.807, 2.05) is 12.1 Å². The van der Waals surface area contributed by atoms with E-state index in [1.54, 1.807) is 0 Å². The molecule has 4 nitrogen and oxygen atoms in total. The second-order valence-corrected chi connectivity index (χ2v) is 7.03. The van der Waals surface area contributed by atoms with Gasteiger partial charge in [0.1, 0.15) is 0 Å². The van der Waals surface area contributed by atoms with Gasteiger partial charge in [-0.15, -0.1) is 24.8 Å². The molecule has 1 aliphatic carbocycles. The Balaban J connectivity index is 0.00000156. The van der Waals surface area contributed by atoms with E-state index in [4.69, 9.17) is 5.73 Å². The van der Waals surface area contributed by atoms with Crippen molar-refractivity contribution in [1.29, 1.82) is 0 Å². The minimum Gasteiger partial charge on any atom is -0.370 e. The van der Waals surface area contributed by atoms with Gasteiger partial charge in [0.05, 0.1) is 11.4 Å². The summed E-state index contributed by atoms with van der Waals surface area (Å²) >= 11 is 0. The molecule has 0 spiro atoms. The lowest BCUT2D eigenvalue weighted by atomic mass is 9.83. The van der Waals surface area contributed by atoms with Gasteiger partial charge < -0.3 is 16.0 Å². The standard InChI is InChI=1S/C19H29N3O.2ClH/c20-16-9-3-2-8-15(16)14-19(23)21-17-10-4-5-11-18(17)22-12-6-1-7-13-22;;/h4-5,10-11,15-16H,1-3,6-9,12-14,20H2,(H,21,23);2*1H. The number of para-hydroxylation sites is 2. The molecule has 1 aromatic rings. The first kappa shape index (κ1) is 22.1. The van der Waals surface area contributed by atoms with E-state index in [9.17, 15) is 4.79 Å². The molecular formula is C19H31Cl2N3O. The molecule has 1 amide bonds. The van der Waals surface area contributed by atoms with E-state index in [2.05, 4.69) is 22.3 Å². The minimum atomic E-state index is 0. The fourth-order valence-corrected chi connectivity index (χ4v) is 3.92. The first-order valence-electron chi connectivity index (χ1n) is 9.13. The lowest BCUT2D eigenvalue weighted by molar-refractivity contribution is -0.117. The molecule has 142 valence electrons.